The number of ether oxygens (including phenoxy) is 2. The number of nitrogens with one attached hydrogen (secondary N) is 1. The predicted octanol–water partition coefficient (Wildman–Crippen LogP) is 0.248. The summed E-state index contributed by atoms with van der Waals surface area (Å²) in [4.78, 5) is 25.2. The lowest BCUT2D eigenvalue weighted by molar-refractivity contribution is 0.0774. The monoisotopic (exact) mass is 285 g/mol. The van der Waals surface area contributed by atoms with Gasteiger partial charge < -0.3 is 9.47 Å². The van der Waals surface area contributed by atoms with Crippen LogP contribution < -0.4 is 20.7 Å². The van der Waals surface area contributed by atoms with Crippen molar-refractivity contribution < 1.29 is 9.47 Å². The summed E-state index contributed by atoms with van der Waals surface area (Å²) >= 11 is 0. The van der Waals surface area contributed by atoms with Crippen molar-refractivity contribution in [2.24, 2.45) is 0 Å². The first-order valence-corrected chi connectivity index (χ1v) is 6.30. The van der Waals surface area contributed by atoms with Gasteiger partial charge in [0.1, 0.15) is 18.2 Å². The molecule has 0 amide bonds. The van der Waals surface area contributed by atoms with E-state index < -0.39 is 11.2 Å². The van der Waals surface area contributed by atoms with E-state index in [4.69, 9.17) is 14.7 Å². The first-order valence-electron chi connectivity index (χ1n) is 6.30. The number of H-pyrrole nitrogens is 1. The fourth-order valence-corrected chi connectivity index (χ4v) is 2.10. The summed E-state index contributed by atoms with van der Waals surface area (Å²) < 4.78 is 12.5. The van der Waals surface area contributed by atoms with E-state index in [0.29, 0.717) is 11.5 Å². The average Bonchev–Trinajstić information content (AvgIpc) is 2.50. The Bertz CT molecular complexity index is 831. The third-order valence-electron chi connectivity index (χ3n) is 3.10. The third kappa shape index (κ3) is 2.51. The second-order valence-corrected chi connectivity index (χ2v) is 4.56. The number of rotatable bonds is 2. The third-order valence-corrected chi connectivity index (χ3v) is 3.10. The van der Waals surface area contributed by atoms with Gasteiger partial charge in [-0.15, -0.1) is 0 Å². The summed E-state index contributed by atoms with van der Waals surface area (Å²) in [6.45, 7) is 0.461. The zero-order valence-corrected chi connectivity index (χ0v) is 10.9. The van der Waals surface area contributed by atoms with Gasteiger partial charge >= 0.3 is 5.69 Å². The minimum atomic E-state index is -0.690. The fraction of sp³-hybridized carbons (Fsp3) is 0.214. The number of hydrogen-bond acceptors (Lipinski definition) is 5. The van der Waals surface area contributed by atoms with E-state index in [-0.39, 0.29) is 24.8 Å². The molecule has 7 heteroatoms. The molecule has 1 aromatic carbocycles. The molecule has 0 aliphatic carbocycles. The van der Waals surface area contributed by atoms with Crippen molar-refractivity contribution in [3.05, 3.63) is 56.9 Å². The predicted molar refractivity (Wildman–Crippen MR) is 72.4 cm³/mol. The number of nitriles is 1. The highest BCUT2D eigenvalue weighted by molar-refractivity contribution is 5.40. The normalized spacial score (nSPS) is 16.2. The zero-order chi connectivity index (χ0) is 14.8. The minimum Gasteiger partial charge on any atom is -0.486 e. The molecule has 0 fully saturated rings. The number of hydrogen-bond donors (Lipinski definition) is 1. The van der Waals surface area contributed by atoms with Crippen molar-refractivity contribution in [1.82, 2.24) is 9.55 Å². The largest absolute Gasteiger partial charge is 0.486 e. The summed E-state index contributed by atoms with van der Waals surface area (Å²) in [5, 5.41) is 8.83. The van der Waals surface area contributed by atoms with Gasteiger partial charge in [-0.25, -0.2) is 4.79 Å². The molecule has 1 aliphatic heterocycles. The van der Waals surface area contributed by atoms with E-state index in [0.717, 1.165) is 0 Å². The van der Waals surface area contributed by atoms with E-state index in [2.05, 4.69) is 4.98 Å². The van der Waals surface area contributed by atoms with Crippen LogP contribution in [-0.4, -0.2) is 22.3 Å². The van der Waals surface area contributed by atoms with E-state index in [9.17, 15) is 9.59 Å². The van der Waals surface area contributed by atoms with Crippen molar-refractivity contribution >= 4 is 0 Å². The van der Waals surface area contributed by atoms with Gasteiger partial charge in [0.25, 0.3) is 5.56 Å². The Morgan fingerprint density at radius 1 is 1.33 bits per heavy atom. The van der Waals surface area contributed by atoms with E-state index >= 15 is 0 Å². The van der Waals surface area contributed by atoms with Crippen molar-refractivity contribution in [2.45, 2.75) is 12.6 Å². The molecule has 1 N–H and O–H groups in total. The van der Waals surface area contributed by atoms with Gasteiger partial charge in [0.05, 0.1) is 6.54 Å². The summed E-state index contributed by atoms with van der Waals surface area (Å²) in [5.41, 5.74) is -1.39. The van der Waals surface area contributed by atoms with Crippen LogP contribution in [0.4, 0.5) is 0 Å². The lowest BCUT2D eigenvalue weighted by atomic mass is 10.2. The van der Waals surface area contributed by atoms with Gasteiger partial charge in [-0.2, -0.15) is 5.26 Å². The van der Waals surface area contributed by atoms with Crippen molar-refractivity contribution in [2.75, 3.05) is 6.61 Å². The van der Waals surface area contributed by atoms with Crippen LogP contribution in [0.3, 0.4) is 0 Å². The maximum Gasteiger partial charge on any atom is 0.328 e. The van der Waals surface area contributed by atoms with Crippen LogP contribution in [0.5, 0.6) is 11.5 Å². The number of para-hydroxylation sites is 2. The van der Waals surface area contributed by atoms with Gasteiger partial charge in [0.2, 0.25) is 0 Å². The Labute approximate surface area is 119 Å². The quantitative estimate of drug-likeness (QED) is 0.853. The Morgan fingerprint density at radius 3 is 2.86 bits per heavy atom. The van der Waals surface area contributed by atoms with Gasteiger partial charge in [-0.3, -0.25) is 14.3 Å². The SMILES string of the molecule is N#Cc1cn(C[C@@H]2COc3ccccc3O2)c(=O)[nH]c1=O. The van der Waals surface area contributed by atoms with Crippen molar-refractivity contribution in [3.8, 4) is 17.6 Å². The maximum atomic E-state index is 11.7. The molecule has 3 rings (SSSR count). The molecule has 0 saturated carbocycles. The number of nitrogens with zero attached hydrogens (tertiary/aromatic N) is 2. The minimum absolute atomic E-state index is 0.119. The molecule has 106 valence electrons. The Morgan fingerprint density at radius 2 is 2.10 bits per heavy atom. The van der Waals surface area contributed by atoms with Crippen LogP contribution >= 0.6 is 0 Å². The van der Waals surface area contributed by atoms with Crippen LogP contribution in [-0.2, 0) is 6.54 Å². The highest BCUT2D eigenvalue weighted by Gasteiger charge is 2.21. The molecule has 0 bridgehead atoms. The number of benzene rings is 1. The second kappa shape index (κ2) is 5.17. The number of aromatic nitrogens is 2. The van der Waals surface area contributed by atoms with E-state index in [1.165, 1.54) is 10.8 Å². The highest BCUT2D eigenvalue weighted by atomic mass is 16.6. The Balaban J connectivity index is 1.85. The first-order chi connectivity index (χ1) is 10.2. The summed E-state index contributed by atoms with van der Waals surface area (Å²) in [6.07, 6.45) is 0.848. The standard InChI is InChI=1S/C14H11N3O4/c15-5-9-6-17(14(19)16-13(9)18)7-10-8-20-11-3-1-2-4-12(11)21-10/h1-4,6,10H,7-8H2,(H,16,18,19)/t10-/m1/s1. The molecule has 1 aromatic heterocycles. The fourth-order valence-electron chi connectivity index (χ4n) is 2.10. The van der Waals surface area contributed by atoms with Crippen LogP contribution in [0, 0.1) is 11.3 Å². The Hall–Kier alpha value is -3.01. The second-order valence-electron chi connectivity index (χ2n) is 4.56. The first kappa shape index (κ1) is 13.0. The zero-order valence-electron chi connectivity index (χ0n) is 10.9. The highest BCUT2D eigenvalue weighted by Crippen LogP contribution is 2.30. The van der Waals surface area contributed by atoms with E-state index in [1.54, 1.807) is 18.2 Å². The molecule has 7 nitrogen and oxygen atoms in total. The molecule has 1 aliphatic rings. The van der Waals surface area contributed by atoms with E-state index in [1.807, 2.05) is 12.1 Å². The molecule has 0 unspecified atom stereocenters. The van der Waals surface area contributed by atoms with Gasteiger partial charge in [0, 0.05) is 6.20 Å². The van der Waals surface area contributed by atoms with Crippen LogP contribution in [0.2, 0.25) is 0 Å². The lowest BCUT2D eigenvalue weighted by Crippen LogP contribution is -2.39. The molecule has 0 spiro atoms. The molecular formula is C14H11N3O4. The molecule has 0 radical (unpaired) electrons. The topological polar surface area (TPSA) is 97.1 Å². The molecule has 2 heterocycles. The average molecular weight is 285 g/mol. The number of aromatic amines is 1. The lowest BCUT2D eigenvalue weighted by Gasteiger charge is -2.26. The molecule has 21 heavy (non-hydrogen) atoms. The smallest absolute Gasteiger partial charge is 0.328 e. The van der Waals surface area contributed by atoms with Gasteiger partial charge in [-0.05, 0) is 12.1 Å². The van der Waals surface area contributed by atoms with Gasteiger partial charge in [0.15, 0.2) is 17.6 Å². The Kier molecular flexibility index (Phi) is 3.20. The van der Waals surface area contributed by atoms with Gasteiger partial charge in [-0.1, -0.05) is 12.1 Å². The van der Waals surface area contributed by atoms with Crippen molar-refractivity contribution in [1.29, 1.82) is 5.26 Å². The maximum absolute atomic E-state index is 11.7. The number of fused-ring (bicyclic) bond motifs is 1. The van der Waals surface area contributed by atoms with Crippen molar-refractivity contribution in [3.63, 3.8) is 0 Å². The molecule has 1 atom stereocenters. The molecule has 2 aromatic rings. The molecular weight excluding hydrogens is 274 g/mol. The van der Waals surface area contributed by atoms with Crippen LogP contribution in [0.15, 0.2) is 40.1 Å². The summed E-state index contributed by atoms with van der Waals surface area (Å²) in [7, 11) is 0. The van der Waals surface area contributed by atoms with Crippen LogP contribution in [0.25, 0.3) is 0 Å². The van der Waals surface area contributed by atoms with Crippen LogP contribution in [0.1, 0.15) is 5.56 Å². The summed E-state index contributed by atoms with van der Waals surface area (Å²) in [5.74, 6) is 1.26. The molecule has 0 saturated heterocycles. The summed E-state index contributed by atoms with van der Waals surface area (Å²) in [6, 6.07) is 8.98.